The largest absolute Gasteiger partial charge is 0.383 e. The van der Waals surface area contributed by atoms with Crippen molar-refractivity contribution in [2.24, 2.45) is 0 Å². The van der Waals surface area contributed by atoms with Gasteiger partial charge in [-0.1, -0.05) is 49.7 Å². The number of carbonyl (C=O) groups is 1. The second-order valence-electron chi connectivity index (χ2n) is 7.33. The van der Waals surface area contributed by atoms with Crippen LogP contribution in [-0.4, -0.2) is 35.2 Å². The van der Waals surface area contributed by atoms with Crippen LogP contribution in [0.2, 0.25) is 0 Å². The summed E-state index contributed by atoms with van der Waals surface area (Å²) in [6.07, 6.45) is 6.80. The third-order valence-electron chi connectivity index (χ3n) is 4.92. The Morgan fingerprint density at radius 1 is 1.10 bits per heavy atom. The summed E-state index contributed by atoms with van der Waals surface area (Å²) in [5.74, 6) is -0.168. The first-order valence-electron chi connectivity index (χ1n) is 10.1. The van der Waals surface area contributed by atoms with Crippen molar-refractivity contribution in [2.45, 2.75) is 39.2 Å². The third-order valence-corrected chi connectivity index (χ3v) is 4.92. The molecule has 3 rings (SSSR count). The van der Waals surface area contributed by atoms with Gasteiger partial charge in [0.15, 0.2) is 0 Å². The van der Waals surface area contributed by atoms with Gasteiger partial charge in [-0.3, -0.25) is 9.36 Å². The zero-order chi connectivity index (χ0) is 20.6. The van der Waals surface area contributed by atoms with Gasteiger partial charge >= 0.3 is 0 Å². The summed E-state index contributed by atoms with van der Waals surface area (Å²) in [7, 11) is 1.62. The molecule has 0 radical (unpaired) electrons. The van der Waals surface area contributed by atoms with Gasteiger partial charge in [0.2, 0.25) is 0 Å². The second-order valence-corrected chi connectivity index (χ2v) is 7.33. The van der Waals surface area contributed by atoms with E-state index in [1.807, 2.05) is 19.1 Å². The SMILES string of the molecule is CCCCc1ccc(-c2ccc(-n3cncc3C(=O)N[C@@H](C)COC)cc2)cc1. The lowest BCUT2D eigenvalue weighted by Crippen LogP contribution is -2.36. The first-order chi connectivity index (χ1) is 14.1. The van der Waals surface area contributed by atoms with Gasteiger partial charge in [-0.2, -0.15) is 0 Å². The molecular weight excluding hydrogens is 362 g/mol. The van der Waals surface area contributed by atoms with Crippen LogP contribution in [0.4, 0.5) is 0 Å². The number of aryl methyl sites for hydroxylation is 1. The van der Waals surface area contributed by atoms with Crippen molar-refractivity contribution < 1.29 is 9.53 Å². The fraction of sp³-hybridized carbons (Fsp3) is 0.333. The van der Waals surface area contributed by atoms with Crippen molar-refractivity contribution in [2.75, 3.05) is 13.7 Å². The van der Waals surface area contributed by atoms with Crippen LogP contribution < -0.4 is 5.32 Å². The molecule has 0 aliphatic carbocycles. The molecule has 0 unspecified atom stereocenters. The van der Waals surface area contributed by atoms with Gasteiger partial charge in [-0.25, -0.2) is 4.98 Å². The Morgan fingerprint density at radius 2 is 1.76 bits per heavy atom. The summed E-state index contributed by atoms with van der Waals surface area (Å²) in [4.78, 5) is 16.7. The molecule has 5 heteroatoms. The molecule has 152 valence electrons. The Morgan fingerprint density at radius 3 is 2.38 bits per heavy atom. The summed E-state index contributed by atoms with van der Waals surface area (Å²) in [5, 5.41) is 2.93. The number of carbonyl (C=O) groups excluding carboxylic acids is 1. The lowest BCUT2D eigenvalue weighted by atomic mass is 10.0. The van der Waals surface area contributed by atoms with E-state index in [2.05, 4.69) is 53.6 Å². The molecule has 1 aromatic heterocycles. The lowest BCUT2D eigenvalue weighted by molar-refractivity contribution is 0.0898. The number of ether oxygens (including phenoxy) is 1. The van der Waals surface area contributed by atoms with Crippen LogP contribution in [-0.2, 0) is 11.2 Å². The van der Waals surface area contributed by atoms with Crippen molar-refractivity contribution in [3.05, 3.63) is 72.3 Å². The Balaban J connectivity index is 1.74. The van der Waals surface area contributed by atoms with E-state index in [-0.39, 0.29) is 11.9 Å². The first kappa shape index (κ1) is 20.8. The number of imidazole rings is 1. The molecular formula is C24H29N3O2. The molecule has 5 nitrogen and oxygen atoms in total. The van der Waals surface area contributed by atoms with Gasteiger partial charge in [-0.05, 0) is 48.6 Å². The molecule has 2 aromatic carbocycles. The minimum absolute atomic E-state index is 0.0708. The monoisotopic (exact) mass is 391 g/mol. The summed E-state index contributed by atoms with van der Waals surface area (Å²) >= 11 is 0. The van der Waals surface area contributed by atoms with Crippen LogP contribution in [0.15, 0.2) is 61.1 Å². The molecule has 1 heterocycles. The van der Waals surface area contributed by atoms with Crippen LogP contribution >= 0.6 is 0 Å². The smallest absolute Gasteiger partial charge is 0.270 e. The van der Waals surface area contributed by atoms with E-state index in [1.54, 1.807) is 24.2 Å². The van der Waals surface area contributed by atoms with Crippen LogP contribution in [0.1, 0.15) is 42.7 Å². The highest BCUT2D eigenvalue weighted by Crippen LogP contribution is 2.22. The van der Waals surface area contributed by atoms with Gasteiger partial charge in [0.25, 0.3) is 5.91 Å². The topological polar surface area (TPSA) is 56.2 Å². The Hall–Kier alpha value is -2.92. The van der Waals surface area contributed by atoms with Gasteiger partial charge in [0.1, 0.15) is 5.69 Å². The maximum Gasteiger partial charge on any atom is 0.270 e. The fourth-order valence-corrected chi connectivity index (χ4v) is 3.32. The predicted octanol–water partition coefficient (Wildman–Crippen LogP) is 4.65. The van der Waals surface area contributed by atoms with E-state index >= 15 is 0 Å². The molecule has 29 heavy (non-hydrogen) atoms. The fourth-order valence-electron chi connectivity index (χ4n) is 3.32. The van der Waals surface area contributed by atoms with Gasteiger partial charge in [0, 0.05) is 18.8 Å². The Labute approximate surface area is 172 Å². The Bertz CT molecular complexity index is 914. The van der Waals surface area contributed by atoms with E-state index in [4.69, 9.17) is 4.74 Å². The average molecular weight is 392 g/mol. The minimum atomic E-state index is -0.168. The van der Waals surface area contributed by atoms with Gasteiger partial charge < -0.3 is 10.1 Å². The van der Waals surface area contributed by atoms with Crippen LogP contribution in [0.5, 0.6) is 0 Å². The zero-order valence-electron chi connectivity index (χ0n) is 17.4. The molecule has 0 saturated heterocycles. The summed E-state index contributed by atoms with van der Waals surface area (Å²) in [6, 6.07) is 16.9. The zero-order valence-corrected chi connectivity index (χ0v) is 17.4. The maximum atomic E-state index is 12.6. The summed E-state index contributed by atoms with van der Waals surface area (Å²) in [5.41, 5.74) is 5.12. The van der Waals surface area contributed by atoms with E-state index in [0.29, 0.717) is 12.3 Å². The molecule has 0 aliphatic heterocycles. The molecule has 1 amide bonds. The number of amides is 1. The number of hydrogen-bond acceptors (Lipinski definition) is 3. The number of benzene rings is 2. The highest BCUT2D eigenvalue weighted by molar-refractivity contribution is 5.93. The van der Waals surface area contributed by atoms with Crippen molar-refractivity contribution in [3.8, 4) is 16.8 Å². The highest BCUT2D eigenvalue weighted by Gasteiger charge is 2.15. The first-order valence-corrected chi connectivity index (χ1v) is 10.1. The predicted molar refractivity (Wildman–Crippen MR) is 116 cm³/mol. The molecule has 0 spiro atoms. The van der Waals surface area contributed by atoms with Crippen LogP contribution in [0.25, 0.3) is 16.8 Å². The summed E-state index contributed by atoms with van der Waals surface area (Å²) < 4.78 is 6.88. The maximum absolute atomic E-state index is 12.6. The average Bonchev–Trinajstić information content (AvgIpc) is 3.23. The van der Waals surface area contributed by atoms with Crippen molar-refractivity contribution in [1.82, 2.24) is 14.9 Å². The summed E-state index contributed by atoms with van der Waals surface area (Å²) in [6.45, 7) is 4.58. The molecule has 0 saturated carbocycles. The third kappa shape index (κ3) is 5.33. The standard InChI is InChI=1S/C24H29N3O2/c1-4-5-6-19-7-9-20(10-8-19)21-11-13-22(14-12-21)27-17-25-15-23(27)24(28)26-18(2)16-29-3/h7-15,17-18H,4-6,16H2,1-3H3,(H,26,28)/t18-/m0/s1. The molecule has 0 aliphatic rings. The molecule has 3 aromatic rings. The minimum Gasteiger partial charge on any atom is -0.383 e. The van der Waals surface area contributed by atoms with E-state index in [9.17, 15) is 4.79 Å². The van der Waals surface area contributed by atoms with E-state index in [1.165, 1.54) is 24.0 Å². The van der Waals surface area contributed by atoms with Crippen LogP contribution in [0, 0.1) is 0 Å². The number of nitrogens with one attached hydrogen (secondary N) is 1. The number of methoxy groups -OCH3 is 1. The molecule has 0 bridgehead atoms. The van der Waals surface area contributed by atoms with E-state index in [0.717, 1.165) is 17.7 Å². The number of rotatable bonds is 9. The Kier molecular flexibility index (Phi) is 7.19. The number of nitrogens with zero attached hydrogens (tertiary/aromatic N) is 2. The van der Waals surface area contributed by atoms with Gasteiger partial charge in [0.05, 0.1) is 19.1 Å². The quantitative estimate of drug-likeness (QED) is 0.578. The van der Waals surface area contributed by atoms with Crippen molar-refractivity contribution in [3.63, 3.8) is 0 Å². The second kappa shape index (κ2) is 10.0. The van der Waals surface area contributed by atoms with Crippen molar-refractivity contribution >= 4 is 5.91 Å². The normalized spacial score (nSPS) is 12.0. The number of hydrogen-bond donors (Lipinski definition) is 1. The van der Waals surface area contributed by atoms with Crippen molar-refractivity contribution in [1.29, 1.82) is 0 Å². The highest BCUT2D eigenvalue weighted by atomic mass is 16.5. The number of aromatic nitrogens is 2. The van der Waals surface area contributed by atoms with Gasteiger partial charge in [-0.15, -0.1) is 0 Å². The number of unbranched alkanes of at least 4 members (excludes halogenated alkanes) is 1. The lowest BCUT2D eigenvalue weighted by Gasteiger charge is -2.14. The van der Waals surface area contributed by atoms with E-state index < -0.39 is 0 Å². The molecule has 1 atom stereocenters. The van der Waals surface area contributed by atoms with Crippen LogP contribution in [0.3, 0.4) is 0 Å². The molecule has 1 N–H and O–H groups in total. The molecule has 0 fully saturated rings.